The van der Waals surface area contributed by atoms with Gasteiger partial charge in [-0.1, -0.05) is 25.7 Å². The predicted molar refractivity (Wildman–Crippen MR) is 74.1 cm³/mol. The fourth-order valence-electron chi connectivity index (χ4n) is 2.77. The number of hydrogen-bond acceptors (Lipinski definition) is 4. The molecule has 1 aliphatic carbocycles. The summed E-state index contributed by atoms with van der Waals surface area (Å²) in [6.45, 7) is 0.532. The van der Waals surface area contributed by atoms with Crippen molar-refractivity contribution in [2.24, 2.45) is 5.73 Å². The second-order valence-corrected chi connectivity index (χ2v) is 5.51. The summed E-state index contributed by atoms with van der Waals surface area (Å²) in [5, 5.41) is 0.916. The van der Waals surface area contributed by atoms with Crippen molar-refractivity contribution in [2.75, 3.05) is 6.61 Å². The molecule has 4 nitrogen and oxygen atoms in total. The third-order valence-electron chi connectivity index (χ3n) is 3.94. The van der Waals surface area contributed by atoms with Crippen molar-refractivity contribution in [1.82, 2.24) is 4.98 Å². The van der Waals surface area contributed by atoms with Gasteiger partial charge in [0.25, 0.3) is 0 Å². The van der Waals surface area contributed by atoms with E-state index in [-0.39, 0.29) is 5.54 Å². The molecule has 0 aromatic carbocycles. The minimum Gasteiger partial charge on any atom is -0.475 e. The van der Waals surface area contributed by atoms with Crippen LogP contribution in [0.1, 0.15) is 38.5 Å². The van der Waals surface area contributed by atoms with Crippen molar-refractivity contribution >= 4 is 11.0 Å². The van der Waals surface area contributed by atoms with Crippen molar-refractivity contribution < 1.29 is 9.15 Å². The summed E-state index contributed by atoms with van der Waals surface area (Å²) in [7, 11) is 0. The molecular formula is C15H20N2O2. The molecule has 1 aliphatic rings. The van der Waals surface area contributed by atoms with E-state index >= 15 is 0 Å². The van der Waals surface area contributed by atoms with E-state index < -0.39 is 0 Å². The molecule has 2 aromatic rings. The first-order valence-corrected chi connectivity index (χ1v) is 7.01. The summed E-state index contributed by atoms with van der Waals surface area (Å²) in [6, 6.07) is 3.72. The molecule has 102 valence electrons. The number of rotatable bonds is 3. The molecule has 2 heterocycles. The molecule has 2 N–H and O–H groups in total. The van der Waals surface area contributed by atoms with Crippen LogP contribution >= 0.6 is 0 Å². The molecule has 0 spiro atoms. The van der Waals surface area contributed by atoms with Gasteiger partial charge in [-0.25, -0.2) is 4.98 Å². The van der Waals surface area contributed by atoms with Gasteiger partial charge in [-0.15, -0.1) is 0 Å². The maximum absolute atomic E-state index is 6.45. The van der Waals surface area contributed by atoms with Crippen LogP contribution in [0.2, 0.25) is 0 Å². The second-order valence-electron chi connectivity index (χ2n) is 5.51. The Balaban J connectivity index is 1.73. The van der Waals surface area contributed by atoms with Crippen LogP contribution in [0.3, 0.4) is 0 Å². The molecular weight excluding hydrogens is 240 g/mol. The van der Waals surface area contributed by atoms with Crippen LogP contribution in [-0.2, 0) is 0 Å². The summed E-state index contributed by atoms with van der Waals surface area (Å²) in [5.74, 6) is 0.625. The molecule has 1 saturated carbocycles. The third-order valence-corrected chi connectivity index (χ3v) is 3.94. The zero-order valence-corrected chi connectivity index (χ0v) is 11.1. The van der Waals surface area contributed by atoms with E-state index in [1.54, 1.807) is 12.5 Å². The Morgan fingerprint density at radius 2 is 2.00 bits per heavy atom. The Morgan fingerprint density at radius 1 is 1.21 bits per heavy atom. The first kappa shape index (κ1) is 12.5. The van der Waals surface area contributed by atoms with Gasteiger partial charge in [0.2, 0.25) is 5.88 Å². The monoisotopic (exact) mass is 260 g/mol. The second kappa shape index (κ2) is 5.21. The van der Waals surface area contributed by atoms with Crippen LogP contribution < -0.4 is 10.5 Å². The number of aromatic nitrogens is 1. The SMILES string of the molecule is NC1(COc2nccc3occc23)CCCCCC1. The molecule has 0 atom stereocenters. The van der Waals surface area contributed by atoms with Gasteiger partial charge < -0.3 is 14.9 Å². The summed E-state index contributed by atoms with van der Waals surface area (Å²) in [4.78, 5) is 4.28. The molecule has 2 aromatic heterocycles. The van der Waals surface area contributed by atoms with Crippen molar-refractivity contribution in [3.8, 4) is 5.88 Å². The van der Waals surface area contributed by atoms with Gasteiger partial charge in [-0.3, -0.25) is 0 Å². The van der Waals surface area contributed by atoms with E-state index in [0.717, 1.165) is 23.8 Å². The Bertz CT molecular complexity index is 542. The first-order chi connectivity index (χ1) is 9.27. The Labute approximate surface area is 112 Å². The third kappa shape index (κ3) is 2.73. The molecule has 0 radical (unpaired) electrons. The van der Waals surface area contributed by atoms with Crippen LogP contribution in [0.25, 0.3) is 11.0 Å². The lowest BCUT2D eigenvalue weighted by Gasteiger charge is -2.27. The number of nitrogens with zero attached hydrogens (tertiary/aromatic N) is 1. The van der Waals surface area contributed by atoms with Crippen molar-refractivity contribution in [3.05, 3.63) is 24.6 Å². The van der Waals surface area contributed by atoms with E-state index in [9.17, 15) is 0 Å². The number of pyridine rings is 1. The van der Waals surface area contributed by atoms with Gasteiger partial charge in [-0.2, -0.15) is 0 Å². The quantitative estimate of drug-likeness (QED) is 0.860. The predicted octanol–water partition coefficient (Wildman–Crippen LogP) is 3.26. The first-order valence-electron chi connectivity index (χ1n) is 7.01. The zero-order valence-electron chi connectivity index (χ0n) is 11.1. The highest BCUT2D eigenvalue weighted by molar-refractivity contribution is 5.81. The van der Waals surface area contributed by atoms with Crippen molar-refractivity contribution in [3.63, 3.8) is 0 Å². The summed E-state index contributed by atoms with van der Waals surface area (Å²) in [6.07, 6.45) is 10.4. The van der Waals surface area contributed by atoms with Crippen LogP contribution in [0.4, 0.5) is 0 Å². The molecule has 0 unspecified atom stereocenters. The van der Waals surface area contributed by atoms with Crippen molar-refractivity contribution in [1.29, 1.82) is 0 Å². The van der Waals surface area contributed by atoms with Gasteiger partial charge >= 0.3 is 0 Å². The Hall–Kier alpha value is -1.55. The lowest BCUT2D eigenvalue weighted by molar-refractivity contribution is 0.195. The minimum atomic E-state index is -0.204. The highest BCUT2D eigenvalue weighted by Crippen LogP contribution is 2.28. The van der Waals surface area contributed by atoms with Gasteiger partial charge in [0.05, 0.1) is 17.2 Å². The number of nitrogens with two attached hydrogens (primary N) is 1. The van der Waals surface area contributed by atoms with Crippen LogP contribution in [-0.4, -0.2) is 17.1 Å². The smallest absolute Gasteiger partial charge is 0.224 e. The molecule has 4 heteroatoms. The Morgan fingerprint density at radius 3 is 2.79 bits per heavy atom. The van der Waals surface area contributed by atoms with E-state index in [0.29, 0.717) is 12.5 Å². The average Bonchev–Trinajstić information content (AvgIpc) is 2.80. The van der Waals surface area contributed by atoms with E-state index in [1.807, 2.05) is 12.1 Å². The average molecular weight is 260 g/mol. The summed E-state index contributed by atoms with van der Waals surface area (Å²) >= 11 is 0. The topological polar surface area (TPSA) is 61.3 Å². The normalized spacial score (nSPS) is 19.2. The van der Waals surface area contributed by atoms with Crippen LogP contribution in [0.15, 0.2) is 29.0 Å². The lowest BCUT2D eigenvalue weighted by Crippen LogP contribution is -2.45. The maximum Gasteiger partial charge on any atom is 0.224 e. The van der Waals surface area contributed by atoms with Crippen LogP contribution in [0.5, 0.6) is 5.88 Å². The highest BCUT2D eigenvalue weighted by Gasteiger charge is 2.27. The lowest BCUT2D eigenvalue weighted by atomic mass is 9.93. The number of fused-ring (bicyclic) bond motifs is 1. The standard InChI is InChI=1S/C15H20N2O2/c16-15(7-3-1-2-4-8-15)11-19-14-12-6-10-18-13(12)5-9-17-14/h5-6,9-10H,1-4,7-8,11,16H2. The van der Waals surface area contributed by atoms with Gasteiger partial charge in [0, 0.05) is 6.20 Å². The molecule has 0 amide bonds. The zero-order chi connectivity index (χ0) is 13.1. The van der Waals surface area contributed by atoms with E-state index in [4.69, 9.17) is 14.9 Å². The summed E-state index contributed by atoms with van der Waals surface area (Å²) < 4.78 is 11.2. The fraction of sp³-hybridized carbons (Fsp3) is 0.533. The number of hydrogen-bond donors (Lipinski definition) is 1. The molecule has 0 aliphatic heterocycles. The van der Waals surface area contributed by atoms with Crippen LogP contribution in [0, 0.1) is 0 Å². The molecule has 0 bridgehead atoms. The maximum atomic E-state index is 6.45. The van der Waals surface area contributed by atoms with Gasteiger partial charge in [0.1, 0.15) is 12.2 Å². The Kier molecular flexibility index (Phi) is 3.42. The highest BCUT2D eigenvalue weighted by atomic mass is 16.5. The molecule has 1 fully saturated rings. The van der Waals surface area contributed by atoms with Gasteiger partial charge in [-0.05, 0) is 25.0 Å². The fourth-order valence-corrected chi connectivity index (χ4v) is 2.77. The number of furan rings is 1. The molecule has 19 heavy (non-hydrogen) atoms. The van der Waals surface area contributed by atoms with E-state index in [1.165, 1.54) is 25.7 Å². The molecule has 0 saturated heterocycles. The molecule has 3 rings (SSSR count). The largest absolute Gasteiger partial charge is 0.475 e. The number of ether oxygens (including phenoxy) is 1. The van der Waals surface area contributed by atoms with E-state index in [2.05, 4.69) is 4.98 Å². The summed E-state index contributed by atoms with van der Waals surface area (Å²) in [5.41, 5.74) is 7.05. The van der Waals surface area contributed by atoms with Crippen molar-refractivity contribution in [2.45, 2.75) is 44.1 Å². The minimum absolute atomic E-state index is 0.204. The van der Waals surface area contributed by atoms with Gasteiger partial charge in [0.15, 0.2) is 0 Å².